The van der Waals surface area contributed by atoms with Gasteiger partial charge >= 0.3 is 0 Å². The molecule has 0 saturated carbocycles. The quantitative estimate of drug-likeness (QED) is 0.599. The third kappa shape index (κ3) is 4.03. The first-order valence-electron chi connectivity index (χ1n) is 9.79. The van der Waals surface area contributed by atoms with Crippen LogP contribution in [0.25, 0.3) is 11.2 Å². The smallest absolute Gasteiger partial charge is 0.164 e. The highest BCUT2D eigenvalue weighted by Crippen LogP contribution is 2.41. The Morgan fingerprint density at radius 3 is 2.64 bits per heavy atom. The molecule has 2 fully saturated rings. The fourth-order valence-corrected chi connectivity index (χ4v) is 5.49. The average Bonchev–Trinajstić information content (AvgIpc) is 3.10. The van der Waals surface area contributed by atoms with Crippen LogP contribution in [0.3, 0.4) is 0 Å². The van der Waals surface area contributed by atoms with Gasteiger partial charge in [-0.1, -0.05) is 0 Å². The van der Waals surface area contributed by atoms with Crippen molar-refractivity contribution in [3.63, 3.8) is 0 Å². The normalized spacial score (nSPS) is 25.2. The van der Waals surface area contributed by atoms with E-state index >= 15 is 0 Å². The SMILES string of the molecule is CS(C)(C)CCOCn1cc(Br)c2ncc(N3[C@@H]4CC[C@H]3CC(C#N)C4)nc21. The first-order valence-corrected chi connectivity index (χ1v) is 13.6. The number of nitrogens with zero attached hydrogens (tertiary/aromatic N) is 5. The summed E-state index contributed by atoms with van der Waals surface area (Å²) in [6.45, 7) is 1.24. The molecule has 4 rings (SSSR count). The van der Waals surface area contributed by atoms with E-state index in [9.17, 15) is 5.26 Å². The monoisotopic (exact) mass is 465 g/mol. The van der Waals surface area contributed by atoms with Gasteiger partial charge in [-0.3, -0.25) is 0 Å². The molecule has 152 valence electrons. The van der Waals surface area contributed by atoms with Gasteiger partial charge < -0.3 is 14.2 Å². The predicted molar refractivity (Wildman–Crippen MR) is 119 cm³/mol. The lowest BCUT2D eigenvalue weighted by Gasteiger charge is -2.37. The van der Waals surface area contributed by atoms with Crippen molar-refractivity contribution in [1.82, 2.24) is 14.5 Å². The molecule has 2 aliphatic heterocycles. The highest BCUT2D eigenvalue weighted by Gasteiger charge is 2.41. The minimum Gasteiger partial charge on any atom is -0.360 e. The fourth-order valence-electron chi connectivity index (χ4n) is 4.35. The van der Waals surface area contributed by atoms with Crippen LogP contribution in [0.5, 0.6) is 0 Å². The lowest BCUT2D eigenvalue weighted by atomic mass is 9.92. The van der Waals surface area contributed by atoms with Crippen LogP contribution in [0.1, 0.15) is 25.7 Å². The number of hydrogen-bond donors (Lipinski definition) is 0. The molecular formula is C20H28BrN5OS. The van der Waals surface area contributed by atoms with Crippen molar-refractivity contribution in [2.45, 2.75) is 44.5 Å². The van der Waals surface area contributed by atoms with Crippen molar-refractivity contribution in [2.75, 3.05) is 36.0 Å². The van der Waals surface area contributed by atoms with Gasteiger partial charge in [0, 0.05) is 24.0 Å². The van der Waals surface area contributed by atoms with Crippen molar-refractivity contribution >= 4 is 42.9 Å². The van der Waals surface area contributed by atoms with E-state index in [0.29, 0.717) is 18.8 Å². The van der Waals surface area contributed by atoms with Crippen LogP contribution in [-0.2, 0) is 11.5 Å². The lowest BCUT2D eigenvalue weighted by molar-refractivity contribution is 0.0923. The Bertz CT molecular complexity index is 888. The van der Waals surface area contributed by atoms with Crippen molar-refractivity contribution in [1.29, 1.82) is 5.26 Å². The minimum atomic E-state index is -0.550. The van der Waals surface area contributed by atoms with E-state index < -0.39 is 10.0 Å². The van der Waals surface area contributed by atoms with Gasteiger partial charge in [0.25, 0.3) is 0 Å². The number of aromatic nitrogens is 3. The number of ether oxygens (including phenoxy) is 1. The summed E-state index contributed by atoms with van der Waals surface area (Å²) >= 11 is 3.61. The Labute approximate surface area is 176 Å². The Balaban J connectivity index is 1.55. The Morgan fingerprint density at radius 1 is 1.29 bits per heavy atom. The summed E-state index contributed by atoms with van der Waals surface area (Å²) in [6, 6.07) is 3.29. The molecule has 2 aromatic heterocycles. The van der Waals surface area contributed by atoms with E-state index in [4.69, 9.17) is 14.7 Å². The second kappa shape index (κ2) is 7.85. The maximum Gasteiger partial charge on any atom is 0.164 e. The van der Waals surface area contributed by atoms with E-state index in [-0.39, 0.29) is 5.92 Å². The molecule has 3 atom stereocenters. The first kappa shape index (κ1) is 20.0. The number of halogens is 1. The molecule has 4 heterocycles. The average molecular weight is 466 g/mol. The molecule has 8 heteroatoms. The Morgan fingerprint density at radius 2 is 2.00 bits per heavy atom. The molecule has 2 aliphatic rings. The molecule has 0 radical (unpaired) electrons. The van der Waals surface area contributed by atoms with E-state index in [2.05, 4.69) is 45.7 Å². The summed E-state index contributed by atoms with van der Waals surface area (Å²) < 4.78 is 8.91. The van der Waals surface area contributed by atoms with Crippen molar-refractivity contribution in [3.8, 4) is 6.07 Å². The molecule has 2 saturated heterocycles. The summed E-state index contributed by atoms with van der Waals surface area (Å²) in [5.41, 5.74) is 1.72. The van der Waals surface area contributed by atoms with Gasteiger partial charge in [0.15, 0.2) is 5.65 Å². The standard InChI is InChI=1S/C20H28BrN5OS/c1-28(2,3)7-6-27-13-25-12-17(21)19-20(25)24-18(11-23-19)26-15-4-5-16(26)9-14(8-15)10-22/h11-12,14-16H,4-9,13H2,1-3H3/t14?,15-,16+. The summed E-state index contributed by atoms with van der Waals surface area (Å²) in [5.74, 6) is 2.21. The zero-order chi connectivity index (χ0) is 19.9. The molecule has 0 amide bonds. The highest BCUT2D eigenvalue weighted by atomic mass is 79.9. The lowest BCUT2D eigenvalue weighted by Crippen LogP contribution is -2.43. The number of piperidine rings is 1. The number of fused-ring (bicyclic) bond motifs is 3. The summed E-state index contributed by atoms with van der Waals surface area (Å²) in [4.78, 5) is 12.1. The van der Waals surface area contributed by atoms with Crippen LogP contribution in [0.2, 0.25) is 0 Å². The predicted octanol–water partition coefficient (Wildman–Crippen LogP) is 4.13. The molecule has 0 aromatic carbocycles. The topological polar surface area (TPSA) is 67.0 Å². The summed E-state index contributed by atoms with van der Waals surface area (Å²) in [5, 5.41) is 9.33. The van der Waals surface area contributed by atoms with Crippen molar-refractivity contribution in [2.24, 2.45) is 5.92 Å². The second-order valence-electron chi connectivity index (χ2n) is 8.77. The van der Waals surface area contributed by atoms with Gasteiger partial charge in [-0.2, -0.15) is 5.26 Å². The van der Waals surface area contributed by atoms with Crippen molar-refractivity contribution in [3.05, 3.63) is 16.9 Å². The summed E-state index contributed by atoms with van der Waals surface area (Å²) in [6.07, 6.45) is 15.0. The van der Waals surface area contributed by atoms with Crippen LogP contribution in [0.15, 0.2) is 16.9 Å². The molecule has 6 nitrogen and oxygen atoms in total. The molecule has 2 aromatic rings. The van der Waals surface area contributed by atoms with Crippen LogP contribution in [0, 0.1) is 17.2 Å². The van der Waals surface area contributed by atoms with Crippen LogP contribution < -0.4 is 4.90 Å². The van der Waals surface area contributed by atoms with Gasteiger partial charge in [-0.15, -0.1) is 0 Å². The molecule has 0 spiro atoms. The highest BCUT2D eigenvalue weighted by molar-refractivity contribution is 9.10. The largest absolute Gasteiger partial charge is 0.360 e. The van der Waals surface area contributed by atoms with Gasteiger partial charge in [0.2, 0.25) is 0 Å². The third-order valence-electron chi connectivity index (χ3n) is 5.76. The first-order chi connectivity index (χ1) is 13.4. The maximum absolute atomic E-state index is 9.33. The molecule has 1 unspecified atom stereocenters. The molecule has 28 heavy (non-hydrogen) atoms. The van der Waals surface area contributed by atoms with E-state index in [0.717, 1.165) is 59.5 Å². The van der Waals surface area contributed by atoms with Crippen LogP contribution in [-0.4, -0.2) is 57.7 Å². The number of rotatable bonds is 6. The minimum absolute atomic E-state index is 0.182. The number of nitriles is 1. The third-order valence-corrected chi connectivity index (χ3v) is 7.73. The van der Waals surface area contributed by atoms with Crippen molar-refractivity contribution < 1.29 is 4.74 Å². The maximum atomic E-state index is 9.33. The molecule has 0 N–H and O–H groups in total. The summed E-state index contributed by atoms with van der Waals surface area (Å²) in [7, 11) is -0.550. The fraction of sp³-hybridized carbons (Fsp3) is 0.650. The number of hydrogen-bond acceptors (Lipinski definition) is 5. The van der Waals surface area contributed by atoms with E-state index in [1.807, 2.05) is 17.0 Å². The van der Waals surface area contributed by atoms with E-state index in [1.54, 1.807) is 0 Å². The zero-order valence-electron chi connectivity index (χ0n) is 16.8. The van der Waals surface area contributed by atoms with Gasteiger partial charge in [0.1, 0.15) is 18.1 Å². The van der Waals surface area contributed by atoms with Gasteiger partial charge in [-0.05, 0) is 60.4 Å². The van der Waals surface area contributed by atoms with Gasteiger partial charge in [-0.25, -0.2) is 20.0 Å². The zero-order valence-corrected chi connectivity index (χ0v) is 19.2. The molecule has 2 bridgehead atoms. The molecular weight excluding hydrogens is 438 g/mol. The number of anilines is 1. The van der Waals surface area contributed by atoms with E-state index in [1.165, 1.54) is 0 Å². The second-order valence-corrected chi connectivity index (χ2v) is 14.2. The van der Waals surface area contributed by atoms with Crippen LogP contribution >= 0.6 is 26.0 Å². The Hall–Kier alpha value is -1.30. The van der Waals surface area contributed by atoms with Crippen LogP contribution in [0.4, 0.5) is 5.82 Å². The molecule has 0 aliphatic carbocycles. The van der Waals surface area contributed by atoms with Gasteiger partial charge in [0.05, 0.1) is 29.3 Å². The Kier molecular flexibility index (Phi) is 5.60.